The summed E-state index contributed by atoms with van der Waals surface area (Å²) in [7, 11) is 0. The predicted molar refractivity (Wildman–Crippen MR) is 81.2 cm³/mol. The van der Waals surface area contributed by atoms with Crippen LogP contribution in [0.1, 0.15) is 67.0 Å². The average molecular weight is 242 g/mol. The van der Waals surface area contributed by atoms with Gasteiger partial charge in [-0.05, 0) is 86.4 Å². The Morgan fingerprint density at radius 1 is 0.722 bits per heavy atom. The van der Waals surface area contributed by atoms with Crippen molar-refractivity contribution < 1.29 is 0 Å². The molecule has 1 aliphatic carbocycles. The predicted octanol–water partition coefficient (Wildman–Crippen LogP) is 5.47. The van der Waals surface area contributed by atoms with Crippen molar-refractivity contribution in [3.8, 4) is 0 Å². The molecule has 0 aromatic heterocycles. The van der Waals surface area contributed by atoms with E-state index in [0.717, 1.165) is 0 Å². The van der Waals surface area contributed by atoms with Gasteiger partial charge in [0.1, 0.15) is 0 Å². The van der Waals surface area contributed by atoms with E-state index in [1.165, 1.54) is 27.8 Å². The fourth-order valence-electron chi connectivity index (χ4n) is 3.69. The Hall–Kier alpha value is -1.04. The van der Waals surface area contributed by atoms with Gasteiger partial charge < -0.3 is 0 Å². The first-order valence-corrected chi connectivity index (χ1v) is 7.07. The standard InChI is InChI=1S/C18H26/c1-9(2)16-14(7)15(8)17-12(5)10(3)11(4)13(6)18(16)17/h9,16H,1-8H3. The average Bonchev–Trinajstić information content (AvgIpc) is 2.57. The number of hydrogen-bond acceptors (Lipinski definition) is 0. The summed E-state index contributed by atoms with van der Waals surface area (Å²) < 4.78 is 0. The quantitative estimate of drug-likeness (QED) is 0.613. The summed E-state index contributed by atoms with van der Waals surface area (Å²) in [4.78, 5) is 0. The lowest BCUT2D eigenvalue weighted by Crippen LogP contribution is -2.09. The maximum atomic E-state index is 2.35. The van der Waals surface area contributed by atoms with E-state index in [-0.39, 0.29) is 0 Å². The van der Waals surface area contributed by atoms with Crippen LogP contribution in [0.4, 0.5) is 0 Å². The zero-order valence-electron chi connectivity index (χ0n) is 13.2. The molecule has 1 atom stereocenters. The van der Waals surface area contributed by atoms with Crippen molar-refractivity contribution in [1.82, 2.24) is 0 Å². The SMILES string of the molecule is CC1=C(C)C(C(C)C)c2c(C)c(C)c(C)c(C)c21. The van der Waals surface area contributed by atoms with Crippen LogP contribution in [0, 0.1) is 33.6 Å². The zero-order valence-corrected chi connectivity index (χ0v) is 13.2. The molecule has 1 unspecified atom stereocenters. The number of fused-ring (bicyclic) bond motifs is 1. The molecule has 98 valence electrons. The maximum Gasteiger partial charge on any atom is 0.00832 e. The van der Waals surface area contributed by atoms with Gasteiger partial charge in [0.25, 0.3) is 0 Å². The van der Waals surface area contributed by atoms with Gasteiger partial charge in [-0.15, -0.1) is 0 Å². The highest BCUT2D eigenvalue weighted by Crippen LogP contribution is 2.49. The molecule has 0 fully saturated rings. The number of rotatable bonds is 1. The van der Waals surface area contributed by atoms with Crippen LogP contribution < -0.4 is 0 Å². The van der Waals surface area contributed by atoms with E-state index in [1.807, 2.05) is 0 Å². The van der Waals surface area contributed by atoms with Gasteiger partial charge in [0.15, 0.2) is 0 Å². The Kier molecular flexibility index (Phi) is 3.17. The lowest BCUT2D eigenvalue weighted by molar-refractivity contribution is 0.560. The normalized spacial score (nSPS) is 18.8. The minimum Gasteiger partial charge on any atom is -0.0620 e. The highest BCUT2D eigenvalue weighted by atomic mass is 14.4. The summed E-state index contributed by atoms with van der Waals surface area (Å²) in [6.45, 7) is 18.5. The summed E-state index contributed by atoms with van der Waals surface area (Å²) in [5.74, 6) is 1.31. The minimum atomic E-state index is 0.623. The fraction of sp³-hybridized carbons (Fsp3) is 0.556. The van der Waals surface area contributed by atoms with Crippen molar-refractivity contribution in [2.24, 2.45) is 5.92 Å². The van der Waals surface area contributed by atoms with Crippen LogP contribution in [0.15, 0.2) is 5.57 Å². The van der Waals surface area contributed by atoms with E-state index in [1.54, 1.807) is 16.7 Å². The Bertz CT molecular complexity index is 542. The van der Waals surface area contributed by atoms with E-state index in [2.05, 4.69) is 55.4 Å². The first-order chi connectivity index (χ1) is 8.29. The van der Waals surface area contributed by atoms with Gasteiger partial charge >= 0.3 is 0 Å². The number of hydrogen-bond donors (Lipinski definition) is 0. The lowest BCUT2D eigenvalue weighted by Gasteiger charge is -2.23. The highest BCUT2D eigenvalue weighted by molar-refractivity contribution is 5.81. The van der Waals surface area contributed by atoms with E-state index >= 15 is 0 Å². The van der Waals surface area contributed by atoms with Gasteiger partial charge in [-0.2, -0.15) is 0 Å². The van der Waals surface area contributed by atoms with E-state index in [4.69, 9.17) is 0 Å². The molecule has 0 spiro atoms. The molecule has 2 rings (SSSR count). The number of benzene rings is 1. The Balaban J connectivity index is 2.85. The lowest BCUT2D eigenvalue weighted by atomic mass is 9.81. The number of allylic oxidation sites excluding steroid dienone is 2. The van der Waals surface area contributed by atoms with Crippen LogP contribution in [-0.2, 0) is 0 Å². The van der Waals surface area contributed by atoms with Gasteiger partial charge in [-0.25, -0.2) is 0 Å². The summed E-state index contributed by atoms with van der Waals surface area (Å²) in [5, 5.41) is 0. The van der Waals surface area contributed by atoms with Gasteiger partial charge in [-0.1, -0.05) is 19.4 Å². The molecular formula is C18H26. The minimum absolute atomic E-state index is 0.623. The molecule has 0 nitrogen and oxygen atoms in total. The second-order valence-corrected chi connectivity index (χ2v) is 6.32. The molecule has 1 aromatic rings. The van der Waals surface area contributed by atoms with Gasteiger partial charge in [0, 0.05) is 5.92 Å². The second-order valence-electron chi connectivity index (χ2n) is 6.32. The largest absolute Gasteiger partial charge is 0.0620 e. The molecular weight excluding hydrogens is 216 g/mol. The first kappa shape index (κ1) is 13.4. The molecule has 1 aliphatic rings. The van der Waals surface area contributed by atoms with Crippen LogP contribution in [0.2, 0.25) is 0 Å². The summed E-state index contributed by atoms with van der Waals surface area (Å²) in [6, 6.07) is 0. The Morgan fingerprint density at radius 2 is 1.22 bits per heavy atom. The first-order valence-electron chi connectivity index (χ1n) is 7.07. The Morgan fingerprint density at radius 3 is 1.72 bits per heavy atom. The second kappa shape index (κ2) is 4.26. The van der Waals surface area contributed by atoms with Crippen molar-refractivity contribution in [3.63, 3.8) is 0 Å². The van der Waals surface area contributed by atoms with Crippen LogP contribution in [0.25, 0.3) is 5.57 Å². The van der Waals surface area contributed by atoms with Gasteiger partial charge in [-0.3, -0.25) is 0 Å². The fourth-order valence-corrected chi connectivity index (χ4v) is 3.69. The zero-order chi connectivity index (χ0) is 13.8. The third kappa shape index (κ3) is 1.58. The summed E-state index contributed by atoms with van der Waals surface area (Å²) in [5.41, 5.74) is 12.2. The Labute approximate surface area is 112 Å². The smallest absolute Gasteiger partial charge is 0.00832 e. The topological polar surface area (TPSA) is 0 Å². The van der Waals surface area contributed by atoms with Crippen LogP contribution in [0.3, 0.4) is 0 Å². The maximum absolute atomic E-state index is 2.35. The van der Waals surface area contributed by atoms with E-state index in [0.29, 0.717) is 11.8 Å². The molecule has 0 bridgehead atoms. The molecule has 0 radical (unpaired) electrons. The van der Waals surface area contributed by atoms with Crippen LogP contribution in [0.5, 0.6) is 0 Å². The molecule has 0 N–H and O–H groups in total. The molecule has 0 amide bonds. The monoisotopic (exact) mass is 242 g/mol. The molecule has 0 heteroatoms. The van der Waals surface area contributed by atoms with Crippen molar-refractivity contribution in [2.45, 2.75) is 61.3 Å². The molecule has 0 aliphatic heterocycles. The van der Waals surface area contributed by atoms with Crippen molar-refractivity contribution in [2.75, 3.05) is 0 Å². The van der Waals surface area contributed by atoms with Crippen LogP contribution in [-0.4, -0.2) is 0 Å². The third-order valence-electron chi connectivity index (χ3n) is 5.15. The highest BCUT2D eigenvalue weighted by Gasteiger charge is 2.32. The van der Waals surface area contributed by atoms with Gasteiger partial charge in [0.2, 0.25) is 0 Å². The molecule has 0 saturated heterocycles. The molecule has 1 aromatic carbocycles. The summed E-state index contributed by atoms with van der Waals surface area (Å²) >= 11 is 0. The van der Waals surface area contributed by atoms with Crippen molar-refractivity contribution >= 4 is 5.57 Å². The summed E-state index contributed by atoms with van der Waals surface area (Å²) in [6.07, 6.45) is 0. The van der Waals surface area contributed by atoms with Gasteiger partial charge in [0.05, 0.1) is 0 Å². The van der Waals surface area contributed by atoms with Crippen LogP contribution >= 0.6 is 0 Å². The third-order valence-corrected chi connectivity index (χ3v) is 5.15. The van der Waals surface area contributed by atoms with E-state index in [9.17, 15) is 0 Å². The van der Waals surface area contributed by atoms with Crippen molar-refractivity contribution in [3.05, 3.63) is 39.0 Å². The molecule has 18 heavy (non-hydrogen) atoms. The van der Waals surface area contributed by atoms with Crippen molar-refractivity contribution in [1.29, 1.82) is 0 Å². The molecule has 0 heterocycles. The van der Waals surface area contributed by atoms with E-state index < -0.39 is 0 Å². The molecule has 0 saturated carbocycles.